The number of hydrogen-bond acceptors (Lipinski definition) is 3. The van der Waals surface area contributed by atoms with Crippen LogP contribution >= 0.6 is 0 Å². The molecule has 1 heterocycles. The van der Waals surface area contributed by atoms with E-state index in [2.05, 4.69) is 5.32 Å². The van der Waals surface area contributed by atoms with Crippen LogP contribution in [0.15, 0.2) is 24.3 Å². The predicted molar refractivity (Wildman–Crippen MR) is 69.0 cm³/mol. The summed E-state index contributed by atoms with van der Waals surface area (Å²) in [5.74, 6) is 0.0592. The monoisotopic (exact) mass is 249 g/mol. The van der Waals surface area contributed by atoms with Crippen molar-refractivity contribution in [3.63, 3.8) is 0 Å². The van der Waals surface area contributed by atoms with Crippen molar-refractivity contribution in [2.24, 2.45) is 0 Å². The second-order valence-corrected chi connectivity index (χ2v) is 4.59. The highest BCUT2D eigenvalue weighted by atomic mass is 16.5. The average molecular weight is 249 g/mol. The lowest BCUT2D eigenvalue weighted by molar-refractivity contribution is -0.145. The van der Waals surface area contributed by atoms with E-state index in [0.29, 0.717) is 19.4 Å². The maximum Gasteiger partial charge on any atom is 0.314 e. The van der Waals surface area contributed by atoms with Crippen molar-refractivity contribution < 1.29 is 14.6 Å². The van der Waals surface area contributed by atoms with E-state index in [1.807, 2.05) is 31.2 Å². The summed E-state index contributed by atoms with van der Waals surface area (Å²) in [5, 5.41) is 12.8. The molecule has 1 fully saturated rings. The van der Waals surface area contributed by atoms with Crippen LogP contribution in [0, 0.1) is 0 Å². The summed E-state index contributed by atoms with van der Waals surface area (Å²) in [6, 6.07) is 7.46. The van der Waals surface area contributed by atoms with Crippen molar-refractivity contribution >= 4 is 5.97 Å². The van der Waals surface area contributed by atoms with E-state index < -0.39 is 11.4 Å². The van der Waals surface area contributed by atoms with E-state index in [0.717, 1.165) is 24.4 Å². The van der Waals surface area contributed by atoms with Crippen molar-refractivity contribution in [2.45, 2.75) is 25.2 Å². The van der Waals surface area contributed by atoms with Gasteiger partial charge in [-0.05, 0) is 50.6 Å². The maximum atomic E-state index is 11.6. The Hall–Kier alpha value is -1.55. The zero-order chi connectivity index (χ0) is 13.0. The first-order valence-electron chi connectivity index (χ1n) is 6.36. The number of hydrogen-bond donors (Lipinski definition) is 2. The van der Waals surface area contributed by atoms with Gasteiger partial charge in [0.05, 0.1) is 12.0 Å². The third-order valence-corrected chi connectivity index (χ3v) is 3.58. The number of rotatable bonds is 4. The lowest BCUT2D eigenvalue weighted by Crippen LogP contribution is -2.45. The largest absolute Gasteiger partial charge is 0.494 e. The van der Waals surface area contributed by atoms with Crippen LogP contribution in [0.5, 0.6) is 5.75 Å². The van der Waals surface area contributed by atoms with Gasteiger partial charge in [0, 0.05) is 0 Å². The van der Waals surface area contributed by atoms with Crippen LogP contribution in [-0.2, 0) is 10.2 Å². The highest BCUT2D eigenvalue weighted by Crippen LogP contribution is 2.34. The van der Waals surface area contributed by atoms with Gasteiger partial charge in [0.1, 0.15) is 5.75 Å². The van der Waals surface area contributed by atoms with Gasteiger partial charge in [0.25, 0.3) is 0 Å². The molecular formula is C14H19NO3. The van der Waals surface area contributed by atoms with Crippen LogP contribution in [0.25, 0.3) is 0 Å². The summed E-state index contributed by atoms with van der Waals surface area (Å²) in [5.41, 5.74) is 0.135. The van der Waals surface area contributed by atoms with Gasteiger partial charge in [-0.3, -0.25) is 4.79 Å². The van der Waals surface area contributed by atoms with Gasteiger partial charge in [-0.25, -0.2) is 0 Å². The second kappa shape index (κ2) is 5.40. The van der Waals surface area contributed by atoms with E-state index in [1.165, 1.54) is 0 Å². The zero-order valence-electron chi connectivity index (χ0n) is 10.6. The molecule has 0 bridgehead atoms. The minimum absolute atomic E-state index is 0.618. The number of aliphatic carboxylic acids is 1. The zero-order valence-corrected chi connectivity index (χ0v) is 10.6. The summed E-state index contributed by atoms with van der Waals surface area (Å²) in [4.78, 5) is 11.6. The summed E-state index contributed by atoms with van der Waals surface area (Å²) in [6.07, 6.45) is 1.27. The molecule has 1 aromatic carbocycles. The highest BCUT2D eigenvalue weighted by Gasteiger charge is 2.41. The molecule has 0 saturated carbocycles. The van der Waals surface area contributed by atoms with E-state index >= 15 is 0 Å². The Morgan fingerprint density at radius 1 is 1.33 bits per heavy atom. The SMILES string of the molecule is CCOc1ccc(C2(C(=O)O)CCNCC2)cc1. The number of carboxylic acid groups (broad SMARTS) is 1. The Labute approximate surface area is 107 Å². The highest BCUT2D eigenvalue weighted by molar-refractivity contribution is 5.81. The molecule has 1 aliphatic rings. The van der Waals surface area contributed by atoms with Crippen LogP contribution in [0.2, 0.25) is 0 Å². The van der Waals surface area contributed by atoms with Crippen molar-refractivity contribution in [3.05, 3.63) is 29.8 Å². The molecule has 4 nitrogen and oxygen atoms in total. The standard InChI is InChI=1S/C14H19NO3/c1-2-18-12-5-3-11(4-6-12)14(13(16)17)7-9-15-10-8-14/h3-6,15H,2,7-10H2,1H3,(H,16,17). The maximum absolute atomic E-state index is 11.6. The van der Waals surface area contributed by atoms with Crippen LogP contribution in [-0.4, -0.2) is 30.8 Å². The minimum Gasteiger partial charge on any atom is -0.494 e. The van der Waals surface area contributed by atoms with Gasteiger partial charge in [-0.15, -0.1) is 0 Å². The third kappa shape index (κ3) is 2.34. The van der Waals surface area contributed by atoms with E-state index in [9.17, 15) is 9.90 Å². The van der Waals surface area contributed by atoms with Gasteiger partial charge >= 0.3 is 5.97 Å². The number of piperidine rings is 1. The molecule has 1 saturated heterocycles. The fourth-order valence-corrected chi connectivity index (χ4v) is 2.52. The van der Waals surface area contributed by atoms with Crippen LogP contribution < -0.4 is 10.1 Å². The molecule has 0 radical (unpaired) electrons. The molecule has 0 aliphatic carbocycles. The average Bonchev–Trinajstić information content (AvgIpc) is 2.40. The van der Waals surface area contributed by atoms with E-state index in [4.69, 9.17) is 4.74 Å². The van der Waals surface area contributed by atoms with Crippen molar-refractivity contribution in [2.75, 3.05) is 19.7 Å². The number of nitrogens with one attached hydrogen (secondary N) is 1. The van der Waals surface area contributed by atoms with Crippen molar-refractivity contribution in [1.82, 2.24) is 5.32 Å². The molecule has 0 spiro atoms. The molecule has 0 unspecified atom stereocenters. The predicted octanol–water partition coefficient (Wildman–Crippen LogP) is 1.79. The lowest BCUT2D eigenvalue weighted by Gasteiger charge is -2.34. The number of ether oxygens (including phenoxy) is 1. The fourth-order valence-electron chi connectivity index (χ4n) is 2.52. The summed E-state index contributed by atoms with van der Waals surface area (Å²) in [7, 11) is 0. The first kappa shape index (κ1) is 12.9. The number of carboxylic acids is 1. The first-order chi connectivity index (χ1) is 8.69. The molecule has 1 aliphatic heterocycles. The Morgan fingerprint density at radius 3 is 2.44 bits per heavy atom. The number of carbonyl (C=O) groups is 1. The quantitative estimate of drug-likeness (QED) is 0.854. The van der Waals surface area contributed by atoms with E-state index in [1.54, 1.807) is 0 Å². The van der Waals surface area contributed by atoms with Gasteiger partial charge < -0.3 is 15.2 Å². The topological polar surface area (TPSA) is 58.6 Å². The lowest BCUT2D eigenvalue weighted by atomic mass is 9.73. The molecule has 4 heteroatoms. The molecule has 0 atom stereocenters. The van der Waals surface area contributed by atoms with Crippen molar-refractivity contribution in [3.8, 4) is 5.75 Å². The molecule has 98 valence electrons. The molecule has 1 aromatic rings. The number of benzene rings is 1. The molecule has 0 aromatic heterocycles. The molecule has 2 rings (SSSR count). The Kier molecular flexibility index (Phi) is 3.87. The first-order valence-corrected chi connectivity index (χ1v) is 6.36. The minimum atomic E-state index is -0.740. The van der Waals surface area contributed by atoms with Crippen LogP contribution in [0.4, 0.5) is 0 Å². The van der Waals surface area contributed by atoms with Gasteiger partial charge in [0.15, 0.2) is 0 Å². The normalized spacial score (nSPS) is 18.3. The molecular weight excluding hydrogens is 230 g/mol. The smallest absolute Gasteiger partial charge is 0.314 e. The van der Waals surface area contributed by atoms with Gasteiger partial charge in [-0.1, -0.05) is 12.1 Å². The summed E-state index contributed by atoms with van der Waals surface area (Å²) < 4.78 is 5.38. The second-order valence-electron chi connectivity index (χ2n) is 4.59. The molecule has 18 heavy (non-hydrogen) atoms. The van der Waals surface area contributed by atoms with Crippen LogP contribution in [0.3, 0.4) is 0 Å². The summed E-state index contributed by atoms with van der Waals surface area (Å²) >= 11 is 0. The Morgan fingerprint density at radius 2 is 1.94 bits per heavy atom. The van der Waals surface area contributed by atoms with E-state index in [-0.39, 0.29) is 0 Å². The van der Waals surface area contributed by atoms with Crippen LogP contribution in [0.1, 0.15) is 25.3 Å². The molecule has 0 amide bonds. The molecule has 2 N–H and O–H groups in total. The van der Waals surface area contributed by atoms with Gasteiger partial charge in [0.2, 0.25) is 0 Å². The fraction of sp³-hybridized carbons (Fsp3) is 0.500. The Balaban J connectivity index is 2.28. The Bertz CT molecular complexity index is 408. The van der Waals surface area contributed by atoms with Crippen molar-refractivity contribution in [1.29, 1.82) is 0 Å². The third-order valence-electron chi connectivity index (χ3n) is 3.58. The van der Waals surface area contributed by atoms with Gasteiger partial charge in [-0.2, -0.15) is 0 Å². The summed E-state index contributed by atoms with van der Waals surface area (Å²) in [6.45, 7) is 4.05.